The number of rotatable bonds is 1. The molecular formula is C8H12NO2S-. The van der Waals surface area contributed by atoms with Crippen molar-refractivity contribution in [2.45, 2.75) is 6.92 Å². The Labute approximate surface area is 74.9 Å². The third kappa shape index (κ3) is 7.24. The second-order valence-electron chi connectivity index (χ2n) is 2.00. The van der Waals surface area contributed by atoms with E-state index in [9.17, 15) is 8.76 Å². The van der Waals surface area contributed by atoms with Crippen LogP contribution in [-0.4, -0.2) is 14.5 Å². The highest BCUT2D eigenvalue weighted by molar-refractivity contribution is 7.79. The summed E-state index contributed by atoms with van der Waals surface area (Å²) >= 11 is -1.82. The Morgan fingerprint density at radius 1 is 1.42 bits per heavy atom. The van der Waals surface area contributed by atoms with Crippen molar-refractivity contribution in [3.63, 3.8) is 0 Å². The number of para-hydroxylation sites is 1. The molecule has 0 aliphatic carbocycles. The van der Waals surface area contributed by atoms with Crippen LogP contribution in [0.5, 0.6) is 0 Å². The smallest absolute Gasteiger partial charge is 0.0313 e. The standard InChI is InChI=1S/C6H7N.C2H6O2S/c7-6-4-2-1-3-5-6;1-2-5(3)4/h1-5H,7H2;2H2,1H3,(H,3,4)/p-1. The summed E-state index contributed by atoms with van der Waals surface area (Å²) in [6.45, 7) is 1.59. The van der Waals surface area contributed by atoms with Crippen molar-refractivity contribution in [2.75, 3.05) is 11.5 Å². The lowest BCUT2D eigenvalue weighted by atomic mass is 10.3. The van der Waals surface area contributed by atoms with Crippen LogP contribution in [0.3, 0.4) is 0 Å². The Morgan fingerprint density at radius 3 is 2.00 bits per heavy atom. The lowest BCUT2D eigenvalue weighted by molar-refractivity contribution is 0.538. The number of anilines is 1. The molecule has 0 spiro atoms. The molecule has 2 N–H and O–H groups in total. The van der Waals surface area contributed by atoms with E-state index in [1.807, 2.05) is 30.3 Å². The van der Waals surface area contributed by atoms with Crippen LogP contribution in [0.25, 0.3) is 0 Å². The van der Waals surface area contributed by atoms with E-state index in [0.717, 1.165) is 5.69 Å². The zero-order chi connectivity index (χ0) is 9.40. The lowest BCUT2D eigenvalue weighted by Gasteiger charge is -1.93. The maximum absolute atomic E-state index is 9.37. The second-order valence-corrected chi connectivity index (χ2v) is 3.19. The topological polar surface area (TPSA) is 66.1 Å². The van der Waals surface area contributed by atoms with Crippen molar-refractivity contribution in [3.05, 3.63) is 30.3 Å². The van der Waals surface area contributed by atoms with Gasteiger partial charge < -0.3 is 10.3 Å². The van der Waals surface area contributed by atoms with Gasteiger partial charge in [0.05, 0.1) is 0 Å². The summed E-state index contributed by atoms with van der Waals surface area (Å²) in [6, 6.07) is 9.49. The van der Waals surface area contributed by atoms with Crippen molar-refractivity contribution in [2.24, 2.45) is 0 Å². The molecule has 0 saturated carbocycles. The summed E-state index contributed by atoms with van der Waals surface area (Å²) < 4.78 is 18.7. The van der Waals surface area contributed by atoms with Gasteiger partial charge in [-0.3, -0.25) is 4.21 Å². The number of hydrogen-bond donors (Lipinski definition) is 1. The molecule has 0 radical (unpaired) electrons. The molecule has 3 nitrogen and oxygen atoms in total. The molecule has 4 heteroatoms. The van der Waals surface area contributed by atoms with Gasteiger partial charge >= 0.3 is 0 Å². The van der Waals surface area contributed by atoms with Gasteiger partial charge in [-0.05, 0) is 12.1 Å². The van der Waals surface area contributed by atoms with Crippen molar-refractivity contribution in [1.29, 1.82) is 0 Å². The van der Waals surface area contributed by atoms with Gasteiger partial charge in [0.1, 0.15) is 0 Å². The van der Waals surface area contributed by atoms with E-state index in [4.69, 9.17) is 5.73 Å². The van der Waals surface area contributed by atoms with E-state index < -0.39 is 11.1 Å². The Kier molecular flexibility index (Phi) is 6.32. The van der Waals surface area contributed by atoms with Gasteiger partial charge in [0, 0.05) is 11.4 Å². The molecule has 0 fully saturated rings. The fourth-order valence-corrected chi connectivity index (χ4v) is 0.453. The van der Waals surface area contributed by atoms with Crippen molar-refractivity contribution in [3.8, 4) is 0 Å². The normalized spacial score (nSPS) is 11.2. The van der Waals surface area contributed by atoms with Crippen LogP contribution in [0.4, 0.5) is 5.69 Å². The molecule has 0 heterocycles. The van der Waals surface area contributed by atoms with E-state index in [1.165, 1.54) is 0 Å². The van der Waals surface area contributed by atoms with Crippen LogP contribution >= 0.6 is 0 Å². The Morgan fingerprint density at radius 2 is 1.83 bits per heavy atom. The summed E-state index contributed by atoms with van der Waals surface area (Å²) in [6.07, 6.45) is 0. The Bertz CT molecular complexity index is 226. The number of nitrogen functional groups attached to an aromatic ring is 1. The zero-order valence-electron chi connectivity index (χ0n) is 6.90. The minimum absolute atomic E-state index is 0.222. The van der Waals surface area contributed by atoms with Crippen LogP contribution in [-0.2, 0) is 11.1 Å². The molecule has 1 aromatic rings. The summed E-state index contributed by atoms with van der Waals surface area (Å²) in [5, 5.41) is 0. The molecule has 0 amide bonds. The molecule has 1 atom stereocenters. The molecule has 1 aromatic carbocycles. The molecule has 1 rings (SSSR count). The molecule has 12 heavy (non-hydrogen) atoms. The van der Waals surface area contributed by atoms with E-state index in [-0.39, 0.29) is 5.75 Å². The SMILES string of the molecule is CCS(=O)[O-].Nc1ccccc1. The average Bonchev–Trinajstić information content (AvgIpc) is 2.07. The van der Waals surface area contributed by atoms with E-state index in [2.05, 4.69) is 0 Å². The maximum Gasteiger partial charge on any atom is 0.0313 e. The first-order valence-electron chi connectivity index (χ1n) is 3.53. The van der Waals surface area contributed by atoms with Gasteiger partial charge in [-0.2, -0.15) is 0 Å². The highest BCUT2D eigenvalue weighted by Gasteiger charge is 1.72. The average molecular weight is 186 g/mol. The first-order valence-corrected chi connectivity index (χ1v) is 4.77. The third-order valence-electron chi connectivity index (χ3n) is 1.04. The quantitative estimate of drug-likeness (QED) is 0.528. The molecule has 0 bridgehead atoms. The molecule has 0 saturated heterocycles. The van der Waals surface area contributed by atoms with Crippen LogP contribution in [0.2, 0.25) is 0 Å². The monoisotopic (exact) mass is 186 g/mol. The summed E-state index contributed by atoms with van der Waals surface area (Å²) in [4.78, 5) is 0. The highest BCUT2D eigenvalue weighted by atomic mass is 32.2. The minimum atomic E-state index is -1.82. The predicted molar refractivity (Wildman–Crippen MR) is 50.3 cm³/mol. The maximum atomic E-state index is 9.37. The zero-order valence-corrected chi connectivity index (χ0v) is 7.71. The second kappa shape index (κ2) is 6.82. The largest absolute Gasteiger partial charge is 0.772 e. The van der Waals surface area contributed by atoms with Gasteiger partial charge in [0.2, 0.25) is 0 Å². The molecule has 0 aromatic heterocycles. The molecule has 68 valence electrons. The lowest BCUT2D eigenvalue weighted by Crippen LogP contribution is -1.85. The van der Waals surface area contributed by atoms with Gasteiger partial charge in [0.25, 0.3) is 0 Å². The fourth-order valence-electron chi connectivity index (χ4n) is 0.453. The molecule has 0 aliphatic rings. The highest BCUT2D eigenvalue weighted by Crippen LogP contribution is 1.95. The Balaban J connectivity index is 0.000000217. The van der Waals surface area contributed by atoms with Gasteiger partial charge in [-0.15, -0.1) is 0 Å². The number of benzene rings is 1. The molecule has 1 unspecified atom stereocenters. The van der Waals surface area contributed by atoms with Crippen LogP contribution < -0.4 is 5.73 Å². The first-order chi connectivity index (χ1) is 5.66. The van der Waals surface area contributed by atoms with Crippen molar-refractivity contribution in [1.82, 2.24) is 0 Å². The Hall–Kier alpha value is -0.870. The number of nitrogens with two attached hydrogens (primary N) is 1. The van der Waals surface area contributed by atoms with Gasteiger partial charge in [-0.1, -0.05) is 36.2 Å². The van der Waals surface area contributed by atoms with Crippen LogP contribution in [0.1, 0.15) is 6.92 Å². The summed E-state index contributed by atoms with van der Waals surface area (Å²) in [5.41, 5.74) is 6.18. The molecular weight excluding hydrogens is 174 g/mol. The first kappa shape index (κ1) is 11.1. The fraction of sp³-hybridized carbons (Fsp3) is 0.250. The van der Waals surface area contributed by atoms with Gasteiger partial charge in [0.15, 0.2) is 0 Å². The van der Waals surface area contributed by atoms with Crippen LogP contribution in [0.15, 0.2) is 30.3 Å². The number of hydrogen-bond acceptors (Lipinski definition) is 3. The summed E-state index contributed by atoms with van der Waals surface area (Å²) in [7, 11) is 0. The predicted octanol–water partition coefficient (Wildman–Crippen LogP) is 1.15. The minimum Gasteiger partial charge on any atom is -0.772 e. The van der Waals surface area contributed by atoms with E-state index in [1.54, 1.807) is 6.92 Å². The third-order valence-corrected chi connectivity index (χ3v) is 1.51. The van der Waals surface area contributed by atoms with Crippen molar-refractivity contribution < 1.29 is 8.76 Å². The van der Waals surface area contributed by atoms with Gasteiger partial charge in [-0.25, -0.2) is 0 Å². The van der Waals surface area contributed by atoms with E-state index >= 15 is 0 Å². The van der Waals surface area contributed by atoms with E-state index in [0.29, 0.717) is 0 Å². The van der Waals surface area contributed by atoms with Crippen LogP contribution in [0, 0.1) is 0 Å². The van der Waals surface area contributed by atoms with Crippen molar-refractivity contribution >= 4 is 16.8 Å². The summed E-state index contributed by atoms with van der Waals surface area (Å²) in [5.74, 6) is 0.222. The molecule has 0 aliphatic heterocycles.